The first-order valence-electron chi connectivity index (χ1n) is 4.88. The molecule has 13 heavy (non-hydrogen) atoms. The van der Waals surface area contributed by atoms with E-state index in [0.29, 0.717) is 12.0 Å². The fourth-order valence-electron chi connectivity index (χ4n) is 2.37. The third-order valence-corrected chi connectivity index (χ3v) is 3.06. The van der Waals surface area contributed by atoms with Crippen LogP contribution in [0.4, 0.5) is 5.69 Å². The predicted molar refractivity (Wildman–Crippen MR) is 52.0 cm³/mol. The van der Waals surface area contributed by atoms with E-state index >= 15 is 0 Å². The van der Waals surface area contributed by atoms with Crippen molar-refractivity contribution >= 4 is 5.69 Å². The van der Waals surface area contributed by atoms with Crippen molar-refractivity contribution in [3.8, 4) is 0 Å². The van der Waals surface area contributed by atoms with Crippen molar-refractivity contribution in [2.45, 2.75) is 18.4 Å². The first-order valence-corrected chi connectivity index (χ1v) is 4.88. The number of ether oxygens (including phenoxy) is 1. The van der Waals surface area contributed by atoms with E-state index in [-0.39, 0.29) is 0 Å². The highest BCUT2D eigenvalue weighted by Gasteiger charge is 2.33. The Kier molecular flexibility index (Phi) is 1.56. The van der Waals surface area contributed by atoms with Crippen LogP contribution in [0.25, 0.3) is 0 Å². The van der Waals surface area contributed by atoms with E-state index in [1.54, 1.807) is 0 Å². The maximum absolute atomic E-state index is 5.50. The predicted octanol–water partition coefficient (Wildman–Crippen LogP) is 1.98. The van der Waals surface area contributed by atoms with Crippen LogP contribution in [0.3, 0.4) is 0 Å². The molecule has 0 spiro atoms. The summed E-state index contributed by atoms with van der Waals surface area (Å²) < 4.78 is 5.50. The van der Waals surface area contributed by atoms with Gasteiger partial charge in [0.25, 0.3) is 0 Å². The molecular weight excluding hydrogens is 162 g/mol. The van der Waals surface area contributed by atoms with Crippen LogP contribution in [0.1, 0.15) is 17.9 Å². The van der Waals surface area contributed by atoms with Crippen LogP contribution in [-0.4, -0.2) is 19.3 Å². The van der Waals surface area contributed by atoms with Gasteiger partial charge in [-0.05, 0) is 18.1 Å². The fourth-order valence-corrected chi connectivity index (χ4v) is 2.37. The Hall–Kier alpha value is -1.02. The maximum atomic E-state index is 5.50. The lowest BCUT2D eigenvalue weighted by molar-refractivity contribution is 0.0769. The van der Waals surface area contributed by atoms with Gasteiger partial charge in [0.2, 0.25) is 0 Å². The Morgan fingerprint density at radius 3 is 3.23 bits per heavy atom. The molecule has 1 saturated heterocycles. The summed E-state index contributed by atoms with van der Waals surface area (Å²) in [4.78, 5) is 0. The van der Waals surface area contributed by atoms with E-state index in [4.69, 9.17) is 4.74 Å². The Labute approximate surface area is 77.9 Å². The summed E-state index contributed by atoms with van der Waals surface area (Å²) in [6.07, 6.45) is 1.14. The summed E-state index contributed by atoms with van der Waals surface area (Å²) in [6.45, 7) is 1.79. The van der Waals surface area contributed by atoms with Crippen LogP contribution in [0, 0.1) is 0 Å². The minimum absolute atomic E-state index is 0.588. The monoisotopic (exact) mass is 175 g/mol. The molecule has 1 N–H and O–H groups in total. The van der Waals surface area contributed by atoms with Crippen LogP contribution in [0.15, 0.2) is 24.3 Å². The molecule has 0 aliphatic carbocycles. The SMILES string of the molecule is c1ccc2c(c1)NC1CCOCC21. The normalized spacial score (nSPS) is 30.5. The van der Waals surface area contributed by atoms with Gasteiger partial charge in [-0.3, -0.25) is 0 Å². The molecule has 0 radical (unpaired) electrons. The quantitative estimate of drug-likeness (QED) is 0.651. The molecule has 3 rings (SSSR count). The zero-order valence-corrected chi connectivity index (χ0v) is 7.49. The molecule has 2 heteroatoms. The van der Waals surface area contributed by atoms with E-state index in [1.807, 2.05) is 0 Å². The van der Waals surface area contributed by atoms with E-state index in [1.165, 1.54) is 11.3 Å². The number of fused-ring (bicyclic) bond motifs is 3. The molecule has 2 heterocycles. The maximum Gasteiger partial charge on any atom is 0.0555 e. The van der Waals surface area contributed by atoms with Gasteiger partial charge in [0.05, 0.1) is 6.61 Å². The molecule has 1 fully saturated rings. The van der Waals surface area contributed by atoms with Crippen LogP contribution < -0.4 is 5.32 Å². The Balaban J connectivity index is 2.01. The highest BCUT2D eigenvalue weighted by Crippen LogP contribution is 2.38. The molecule has 68 valence electrons. The lowest BCUT2D eigenvalue weighted by atomic mass is 9.93. The van der Waals surface area contributed by atoms with Crippen molar-refractivity contribution in [3.05, 3.63) is 29.8 Å². The zero-order valence-electron chi connectivity index (χ0n) is 7.49. The summed E-state index contributed by atoms with van der Waals surface area (Å²) >= 11 is 0. The summed E-state index contributed by atoms with van der Waals surface area (Å²) in [7, 11) is 0. The van der Waals surface area contributed by atoms with Gasteiger partial charge in [0.1, 0.15) is 0 Å². The number of benzene rings is 1. The minimum Gasteiger partial charge on any atom is -0.381 e. The third kappa shape index (κ3) is 1.05. The highest BCUT2D eigenvalue weighted by atomic mass is 16.5. The smallest absolute Gasteiger partial charge is 0.0555 e. The van der Waals surface area contributed by atoms with E-state index in [0.717, 1.165) is 19.6 Å². The molecule has 0 amide bonds. The topological polar surface area (TPSA) is 21.3 Å². The zero-order chi connectivity index (χ0) is 8.67. The number of hydrogen-bond acceptors (Lipinski definition) is 2. The molecule has 2 aliphatic heterocycles. The van der Waals surface area contributed by atoms with Crippen molar-refractivity contribution < 1.29 is 4.74 Å². The van der Waals surface area contributed by atoms with E-state index in [2.05, 4.69) is 29.6 Å². The van der Waals surface area contributed by atoms with Crippen molar-refractivity contribution in [3.63, 3.8) is 0 Å². The van der Waals surface area contributed by atoms with Crippen LogP contribution in [0.2, 0.25) is 0 Å². The molecule has 2 atom stereocenters. The van der Waals surface area contributed by atoms with Gasteiger partial charge in [-0.1, -0.05) is 18.2 Å². The summed E-state index contributed by atoms with van der Waals surface area (Å²) in [5, 5.41) is 3.56. The van der Waals surface area contributed by atoms with Gasteiger partial charge in [-0.2, -0.15) is 0 Å². The lowest BCUT2D eigenvalue weighted by Gasteiger charge is -2.25. The second-order valence-corrected chi connectivity index (χ2v) is 3.81. The molecule has 0 bridgehead atoms. The highest BCUT2D eigenvalue weighted by molar-refractivity contribution is 5.59. The van der Waals surface area contributed by atoms with Crippen LogP contribution in [0.5, 0.6) is 0 Å². The molecule has 1 aromatic carbocycles. The van der Waals surface area contributed by atoms with Gasteiger partial charge in [-0.25, -0.2) is 0 Å². The average molecular weight is 175 g/mol. The van der Waals surface area contributed by atoms with E-state index < -0.39 is 0 Å². The minimum atomic E-state index is 0.588. The van der Waals surface area contributed by atoms with Gasteiger partial charge in [-0.15, -0.1) is 0 Å². The molecule has 2 aliphatic rings. The number of hydrogen-bond donors (Lipinski definition) is 1. The fraction of sp³-hybridized carbons (Fsp3) is 0.455. The van der Waals surface area contributed by atoms with Gasteiger partial charge in [0.15, 0.2) is 0 Å². The first-order chi connectivity index (χ1) is 6.45. The number of anilines is 1. The number of rotatable bonds is 0. The van der Waals surface area contributed by atoms with Crippen molar-refractivity contribution in [1.82, 2.24) is 0 Å². The largest absolute Gasteiger partial charge is 0.381 e. The van der Waals surface area contributed by atoms with E-state index in [9.17, 15) is 0 Å². The van der Waals surface area contributed by atoms with Crippen molar-refractivity contribution in [2.24, 2.45) is 0 Å². The molecule has 2 unspecified atom stereocenters. The molecular formula is C11H13NO. The second kappa shape index (κ2) is 2.74. The summed E-state index contributed by atoms with van der Waals surface area (Å²) in [6, 6.07) is 9.18. The van der Waals surface area contributed by atoms with Crippen molar-refractivity contribution in [1.29, 1.82) is 0 Å². The second-order valence-electron chi connectivity index (χ2n) is 3.81. The standard InChI is InChI=1S/C11H13NO/c1-2-4-10-8(3-1)9-7-13-6-5-11(9)12-10/h1-4,9,11-12H,5-7H2. The first kappa shape index (κ1) is 7.39. The molecule has 1 aromatic rings. The lowest BCUT2D eigenvalue weighted by Crippen LogP contribution is -2.30. The summed E-state index contributed by atoms with van der Waals surface area (Å²) in [5.41, 5.74) is 2.75. The number of nitrogens with one attached hydrogen (secondary N) is 1. The van der Waals surface area contributed by atoms with Crippen LogP contribution >= 0.6 is 0 Å². The summed E-state index contributed by atoms with van der Waals surface area (Å²) in [5.74, 6) is 0.588. The van der Waals surface area contributed by atoms with Crippen LogP contribution in [-0.2, 0) is 4.74 Å². The van der Waals surface area contributed by atoms with Gasteiger partial charge < -0.3 is 10.1 Å². The average Bonchev–Trinajstić information content (AvgIpc) is 2.56. The molecule has 0 aromatic heterocycles. The van der Waals surface area contributed by atoms with Crippen molar-refractivity contribution in [2.75, 3.05) is 18.5 Å². The Bertz CT molecular complexity index is 324. The molecule has 2 nitrogen and oxygen atoms in total. The number of para-hydroxylation sites is 1. The third-order valence-electron chi connectivity index (χ3n) is 3.06. The Morgan fingerprint density at radius 1 is 1.31 bits per heavy atom. The van der Waals surface area contributed by atoms with Gasteiger partial charge >= 0.3 is 0 Å². The molecule has 0 saturated carbocycles. The van der Waals surface area contributed by atoms with Gasteiger partial charge in [0, 0.05) is 24.3 Å². The Morgan fingerprint density at radius 2 is 2.23 bits per heavy atom.